The van der Waals surface area contributed by atoms with Crippen molar-refractivity contribution in [1.82, 2.24) is 10.3 Å². The number of thioether (sulfide) groups is 1. The number of fused-ring (bicyclic) bond motifs is 1. The lowest BCUT2D eigenvalue weighted by atomic mass is 10.2. The average molecular weight is 260 g/mol. The van der Waals surface area contributed by atoms with Crippen LogP contribution in [0.4, 0.5) is 0 Å². The molecule has 1 aromatic heterocycles. The van der Waals surface area contributed by atoms with Gasteiger partial charge in [-0.15, -0.1) is 11.8 Å². The minimum atomic E-state index is 0.702. The van der Waals surface area contributed by atoms with E-state index in [1.54, 1.807) is 0 Å². The van der Waals surface area contributed by atoms with Crippen molar-refractivity contribution in [1.29, 1.82) is 0 Å². The largest absolute Gasteiger partial charge is 0.350 e. The van der Waals surface area contributed by atoms with Crippen LogP contribution in [0.25, 0.3) is 10.9 Å². The molecule has 1 aliphatic carbocycles. The van der Waals surface area contributed by atoms with E-state index in [0.717, 1.165) is 18.2 Å². The summed E-state index contributed by atoms with van der Waals surface area (Å²) in [6.07, 6.45) is 2.84. The Bertz CT molecular complexity index is 483. The first-order valence-corrected chi connectivity index (χ1v) is 7.75. The van der Waals surface area contributed by atoms with Crippen LogP contribution in [0.15, 0.2) is 35.4 Å². The topological polar surface area (TPSA) is 27.8 Å². The smallest absolute Gasteiger partial charge is 0.0732 e. The van der Waals surface area contributed by atoms with Gasteiger partial charge in [-0.1, -0.05) is 18.2 Å². The van der Waals surface area contributed by atoms with Crippen molar-refractivity contribution in [2.45, 2.75) is 30.8 Å². The number of aromatic nitrogens is 1. The monoisotopic (exact) mass is 260 g/mol. The zero-order valence-corrected chi connectivity index (χ0v) is 11.6. The van der Waals surface area contributed by atoms with Crippen LogP contribution >= 0.6 is 11.8 Å². The highest BCUT2D eigenvalue weighted by atomic mass is 32.2. The Labute approximate surface area is 113 Å². The normalized spacial score (nSPS) is 17.2. The molecule has 3 heteroatoms. The molecule has 0 radical (unpaired) electrons. The molecule has 1 fully saturated rings. The van der Waals surface area contributed by atoms with Gasteiger partial charge in [0.1, 0.15) is 0 Å². The third-order valence-electron chi connectivity index (χ3n) is 3.66. The van der Waals surface area contributed by atoms with Crippen LogP contribution in [-0.2, 0) is 0 Å². The summed E-state index contributed by atoms with van der Waals surface area (Å²) >= 11 is 1.90. The maximum Gasteiger partial charge on any atom is 0.0732 e. The molecule has 0 bridgehead atoms. The number of para-hydroxylation sites is 1. The molecule has 18 heavy (non-hydrogen) atoms. The van der Waals surface area contributed by atoms with Crippen molar-refractivity contribution in [2.75, 3.05) is 12.3 Å². The van der Waals surface area contributed by atoms with Gasteiger partial charge >= 0.3 is 0 Å². The van der Waals surface area contributed by atoms with Gasteiger partial charge in [-0.05, 0) is 37.8 Å². The van der Waals surface area contributed by atoms with Crippen molar-refractivity contribution in [2.24, 2.45) is 5.92 Å². The minimum Gasteiger partial charge on any atom is -0.350 e. The molecule has 3 rings (SSSR count). The molecule has 0 amide bonds. The quantitative estimate of drug-likeness (QED) is 0.613. The van der Waals surface area contributed by atoms with Gasteiger partial charge in [0.15, 0.2) is 0 Å². The summed E-state index contributed by atoms with van der Waals surface area (Å²) < 4.78 is 0. The van der Waals surface area contributed by atoms with Gasteiger partial charge in [0.2, 0.25) is 0 Å². The van der Waals surface area contributed by atoms with E-state index < -0.39 is 0 Å². The standard InChI is InChI=1S/C15H20N2S/c1-11(12-6-7-12)16-8-9-18-15-10-13-4-2-3-5-14(13)17-15/h2-5,10-12,16-17H,6-9H2,1H3. The van der Waals surface area contributed by atoms with E-state index in [1.165, 1.54) is 28.8 Å². The Balaban J connectivity index is 1.47. The first kappa shape index (κ1) is 12.1. The van der Waals surface area contributed by atoms with Crippen LogP contribution < -0.4 is 5.32 Å². The van der Waals surface area contributed by atoms with Gasteiger partial charge in [0.05, 0.1) is 5.03 Å². The van der Waals surface area contributed by atoms with Gasteiger partial charge in [0.25, 0.3) is 0 Å². The van der Waals surface area contributed by atoms with Crippen LogP contribution in [-0.4, -0.2) is 23.3 Å². The Morgan fingerprint density at radius 2 is 2.22 bits per heavy atom. The number of hydrogen-bond donors (Lipinski definition) is 2. The van der Waals surface area contributed by atoms with Crippen molar-refractivity contribution in [3.63, 3.8) is 0 Å². The van der Waals surface area contributed by atoms with Crippen LogP contribution in [0.1, 0.15) is 19.8 Å². The number of aromatic amines is 1. The van der Waals surface area contributed by atoms with E-state index in [0.29, 0.717) is 6.04 Å². The fraction of sp³-hybridized carbons (Fsp3) is 0.467. The zero-order chi connectivity index (χ0) is 12.4. The van der Waals surface area contributed by atoms with Crippen LogP contribution in [0.3, 0.4) is 0 Å². The van der Waals surface area contributed by atoms with Crippen molar-refractivity contribution in [3.8, 4) is 0 Å². The molecular formula is C15H20N2S. The number of rotatable bonds is 6. The second-order valence-corrected chi connectivity index (χ2v) is 6.29. The number of nitrogens with one attached hydrogen (secondary N) is 2. The number of hydrogen-bond acceptors (Lipinski definition) is 2. The summed E-state index contributed by atoms with van der Waals surface area (Å²) in [6, 6.07) is 11.4. The Kier molecular flexibility index (Phi) is 3.62. The predicted octanol–water partition coefficient (Wildman–Crippen LogP) is 3.65. The van der Waals surface area contributed by atoms with Crippen molar-refractivity contribution in [3.05, 3.63) is 30.3 Å². The van der Waals surface area contributed by atoms with Gasteiger partial charge in [-0.3, -0.25) is 0 Å². The molecule has 1 atom stereocenters. The molecule has 0 saturated heterocycles. The van der Waals surface area contributed by atoms with Crippen LogP contribution in [0.2, 0.25) is 0 Å². The molecule has 0 spiro atoms. The third kappa shape index (κ3) is 2.90. The van der Waals surface area contributed by atoms with Crippen molar-refractivity contribution >= 4 is 22.7 Å². The summed E-state index contributed by atoms with van der Waals surface area (Å²) in [5.74, 6) is 2.08. The fourth-order valence-corrected chi connectivity index (χ4v) is 3.17. The van der Waals surface area contributed by atoms with Gasteiger partial charge in [-0.25, -0.2) is 0 Å². The highest BCUT2D eigenvalue weighted by Gasteiger charge is 2.27. The predicted molar refractivity (Wildman–Crippen MR) is 79.2 cm³/mol. The van der Waals surface area contributed by atoms with Crippen molar-refractivity contribution < 1.29 is 0 Å². The maximum absolute atomic E-state index is 3.61. The Morgan fingerprint density at radius 1 is 1.39 bits per heavy atom. The lowest BCUT2D eigenvalue weighted by molar-refractivity contribution is 0.514. The molecule has 96 valence electrons. The summed E-state index contributed by atoms with van der Waals surface area (Å²) in [5.41, 5.74) is 1.24. The number of benzene rings is 1. The maximum atomic E-state index is 3.61. The van der Waals surface area contributed by atoms with Crippen LogP contribution in [0, 0.1) is 5.92 Å². The SMILES string of the molecule is CC(NCCSc1cc2ccccc2[nH]1)C1CC1. The van der Waals surface area contributed by atoms with Gasteiger partial charge < -0.3 is 10.3 Å². The highest BCUT2D eigenvalue weighted by molar-refractivity contribution is 7.99. The van der Waals surface area contributed by atoms with Gasteiger partial charge in [0, 0.05) is 29.2 Å². The molecule has 2 nitrogen and oxygen atoms in total. The first-order chi connectivity index (χ1) is 8.83. The molecule has 1 aliphatic rings. The second-order valence-electron chi connectivity index (χ2n) is 5.15. The van der Waals surface area contributed by atoms with Gasteiger partial charge in [-0.2, -0.15) is 0 Å². The highest BCUT2D eigenvalue weighted by Crippen LogP contribution is 2.32. The molecule has 1 unspecified atom stereocenters. The van der Waals surface area contributed by atoms with E-state index in [2.05, 4.69) is 47.6 Å². The second kappa shape index (κ2) is 5.37. The van der Waals surface area contributed by atoms with E-state index in [9.17, 15) is 0 Å². The Hall–Kier alpha value is -0.930. The molecule has 2 N–H and O–H groups in total. The molecule has 0 aliphatic heterocycles. The average Bonchev–Trinajstić information content (AvgIpc) is 3.14. The van der Waals surface area contributed by atoms with E-state index in [-0.39, 0.29) is 0 Å². The molecular weight excluding hydrogens is 240 g/mol. The van der Waals surface area contributed by atoms with E-state index in [4.69, 9.17) is 0 Å². The molecule has 1 heterocycles. The van der Waals surface area contributed by atoms with E-state index in [1.807, 2.05) is 11.8 Å². The van der Waals surface area contributed by atoms with Crippen LogP contribution in [0.5, 0.6) is 0 Å². The number of H-pyrrole nitrogens is 1. The summed E-state index contributed by atoms with van der Waals surface area (Å²) in [5, 5.41) is 6.19. The molecule has 1 saturated carbocycles. The first-order valence-electron chi connectivity index (χ1n) is 6.77. The molecule has 1 aromatic carbocycles. The lowest BCUT2D eigenvalue weighted by Gasteiger charge is -2.11. The summed E-state index contributed by atoms with van der Waals surface area (Å²) in [4.78, 5) is 3.45. The molecule has 2 aromatic rings. The van der Waals surface area contributed by atoms with E-state index >= 15 is 0 Å². The fourth-order valence-electron chi connectivity index (χ4n) is 2.33. The lowest BCUT2D eigenvalue weighted by Crippen LogP contribution is -2.29. The Morgan fingerprint density at radius 3 is 3.00 bits per heavy atom. The third-order valence-corrected chi connectivity index (χ3v) is 4.60. The summed E-state index contributed by atoms with van der Waals surface area (Å²) in [6.45, 7) is 3.41. The summed E-state index contributed by atoms with van der Waals surface area (Å²) in [7, 11) is 0. The zero-order valence-electron chi connectivity index (χ0n) is 10.8. The minimum absolute atomic E-state index is 0.702.